The molecule has 6 heteroatoms. The smallest absolute Gasteiger partial charge is 0.249 e. The molecule has 0 aromatic carbocycles. The van der Waals surface area contributed by atoms with Gasteiger partial charge in [0.05, 0.1) is 6.54 Å². The lowest BCUT2D eigenvalue weighted by Gasteiger charge is -2.46. The summed E-state index contributed by atoms with van der Waals surface area (Å²) in [6.07, 6.45) is 6.97. The van der Waals surface area contributed by atoms with Crippen LogP contribution in [0.4, 0.5) is 0 Å². The third-order valence-corrected chi connectivity index (χ3v) is 5.24. The second-order valence-electron chi connectivity index (χ2n) is 6.04. The average molecular weight is 300 g/mol. The van der Waals surface area contributed by atoms with Crippen molar-refractivity contribution in [2.75, 3.05) is 18.6 Å². The van der Waals surface area contributed by atoms with Gasteiger partial charge in [0.25, 0.3) is 0 Å². The van der Waals surface area contributed by atoms with Crippen LogP contribution in [0.15, 0.2) is 0 Å². The number of nitrogens with zero attached hydrogens (tertiary/aromatic N) is 1. The molecule has 1 saturated heterocycles. The predicted octanol–water partition coefficient (Wildman–Crippen LogP) is 0.805. The Hall–Kier alpha value is -0.910. The fraction of sp³-hybridized carbons (Fsp3) is 0.857. The lowest BCUT2D eigenvalue weighted by Crippen LogP contribution is -2.68. The monoisotopic (exact) mass is 300 g/mol. The third-order valence-electron chi connectivity index (χ3n) is 4.43. The van der Waals surface area contributed by atoms with Crippen LogP contribution in [0.2, 0.25) is 0 Å². The van der Waals surface area contributed by atoms with Gasteiger partial charge in [-0.3, -0.25) is 13.8 Å². The van der Waals surface area contributed by atoms with E-state index in [1.54, 1.807) is 11.2 Å². The van der Waals surface area contributed by atoms with E-state index in [2.05, 4.69) is 5.32 Å². The van der Waals surface area contributed by atoms with Gasteiger partial charge in [0.15, 0.2) is 0 Å². The van der Waals surface area contributed by atoms with Crippen molar-refractivity contribution in [2.45, 2.75) is 57.0 Å². The van der Waals surface area contributed by atoms with E-state index in [0.717, 1.165) is 32.1 Å². The van der Waals surface area contributed by atoms with Gasteiger partial charge in [0, 0.05) is 28.9 Å². The molecule has 1 N–H and O–H groups in total. The molecule has 2 atom stereocenters. The molecule has 5 nitrogen and oxygen atoms in total. The minimum Gasteiger partial charge on any atom is -0.340 e. The van der Waals surface area contributed by atoms with Crippen LogP contribution in [0.1, 0.15) is 45.4 Å². The number of carbonyl (C=O) groups excluding carboxylic acids is 2. The molecule has 0 bridgehead atoms. The zero-order chi connectivity index (χ0) is 14.8. The van der Waals surface area contributed by atoms with Crippen LogP contribution in [-0.2, 0) is 20.4 Å². The number of carbonyl (C=O) groups is 2. The number of nitrogens with one attached hydrogen (secondary N) is 1. The molecule has 2 aliphatic rings. The highest BCUT2D eigenvalue weighted by atomic mass is 32.2. The molecule has 0 aromatic rings. The Morgan fingerprint density at radius 3 is 2.55 bits per heavy atom. The first-order valence-electron chi connectivity index (χ1n) is 7.37. The summed E-state index contributed by atoms with van der Waals surface area (Å²) in [7, 11) is -0.862. The van der Waals surface area contributed by atoms with Crippen LogP contribution in [-0.4, -0.2) is 51.1 Å². The average Bonchev–Trinajstić information content (AvgIpc) is 2.41. The first kappa shape index (κ1) is 15.5. The van der Waals surface area contributed by atoms with Gasteiger partial charge in [-0.2, -0.15) is 0 Å². The zero-order valence-corrected chi connectivity index (χ0v) is 13.1. The van der Waals surface area contributed by atoms with Crippen LogP contribution in [0, 0.1) is 0 Å². The fourth-order valence-corrected chi connectivity index (χ4v) is 3.88. The molecule has 2 unspecified atom stereocenters. The standard InChI is InChI=1S/C14H24N2O3S/c1-11(6-9-20(2)19)16-10-12(17)15-14(13(16)18)7-4-3-5-8-14/h11H,3-10H2,1-2H3,(H,15,17). The summed E-state index contributed by atoms with van der Waals surface area (Å²) in [5, 5.41) is 2.94. The summed E-state index contributed by atoms with van der Waals surface area (Å²) in [6, 6.07) is -0.0312. The summed E-state index contributed by atoms with van der Waals surface area (Å²) in [5.74, 6) is 0.571. The molecule has 1 heterocycles. The van der Waals surface area contributed by atoms with E-state index in [0.29, 0.717) is 12.2 Å². The Bertz CT molecular complexity index is 419. The van der Waals surface area contributed by atoms with Gasteiger partial charge in [-0.1, -0.05) is 19.3 Å². The Morgan fingerprint density at radius 1 is 1.30 bits per heavy atom. The number of rotatable bonds is 4. The molecular weight excluding hydrogens is 276 g/mol. The normalized spacial score (nSPS) is 25.4. The molecule has 20 heavy (non-hydrogen) atoms. The van der Waals surface area contributed by atoms with Gasteiger partial charge < -0.3 is 10.2 Å². The summed E-state index contributed by atoms with van der Waals surface area (Å²) in [5.41, 5.74) is -0.660. The number of amides is 2. The van der Waals surface area contributed by atoms with Gasteiger partial charge in [-0.15, -0.1) is 0 Å². The first-order valence-corrected chi connectivity index (χ1v) is 9.09. The van der Waals surface area contributed by atoms with E-state index in [9.17, 15) is 13.8 Å². The van der Waals surface area contributed by atoms with E-state index in [1.165, 1.54) is 0 Å². The van der Waals surface area contributed by atoms with E-state index in [4.69, 9.17) is 0 Å². The van der Waals surface area contributed by atoms with Gasteiger partial charge in [0.1, 0.15) is 5.54 Å². The molecule has 2 fully saturated rings. The molecule has 2 rings (SSSR count). The zero-order valence-electron chi connectivity index (χ0n) is 12.3. The highest BCUT2D eigenvalue weighted by molar-refractivity contribution is 7.84. The van der Waals surface area contributed by atoms with Crippen LogP contribution >= 0.6 is 0 Å². The number of piperazine rings is 1. The van der Waals surface area contributed by atoms with Crippen molar-refractivity contribution in [1.82, 2.24) is 10.2 Å². The van der Waals surface area contributed by atoms with Gasteiger partial charge in [0.2, 0.25) is 11.8 Å². The predicted molar refractivity (Wildman–Crippen MR) is 78.7 cm³/mol. The fourth-order valence-electron chi connectivity index (χ4n) is 3.20. The van der Waals surface area contributed by atoms with E-state index >= 15 is 0 Å². The second-order valence-corrected chi connectivity index (χ2v) is 7.59. The molecule has 1 aliphatic carbocycles. The summed E-state index contributed by atoms with van der Waals surface area (Å²) >= 11 is 0. The Labute approximate surface area is 122 Å². The van der Waals surface area contributed by atoms with Crippen LogP contribution < -0.4 is 5.32 Å². The molecule has 1 saturated carbocycles. The highest BCUT2D eigenvalue weighted by Gasteiger charge is 2.47. The Balaban J connectivity index is 2.10. The van der Waals surface area contributed by atoms with E-state index in [-0.39, 0.29) is 24.4 Å². The number of hydrogen-bond donors (Lipinski definition) is 1. The summed E-state index contributed by atoms with van der Waals surface area (Å²) in [4.78, 5) is 26.4. The molecule has 114 valence electrons. The SMILES string of the molecule is CC(CCS(C)=O)N1CC(=O)NC2(CCCCC2)C1=O. The topological polar surface area (TPSA) is 66.5 Å². The maximum Gasteiger partial charge on any atom is 0.249 e. The van der Waals surface area contributed by atoms with Crippen molar-refractivity contribution in [3.8, 4) is 0 Å². The van der Waals surface area contributed by atoms with E-state index < -0.39 is 16.3 Å². The van der Waals surface area contributed by atoms with Crippen LogP contribution in [0.25, 0.3) is 0 Å². The van der Waals surface area contributed by atoms with Crippen LogP contribution in [0.3, 0.4) is 0 Å². The second kappa shape index (κ2) is 6.24. The van der Waals surface area contributed by atoms with Crippen molar-refractivity contribution < 1.29 is 13.8 Å². The van der Waals surface area contributed by atoms with Gasteiger partial charge in [-0.05, 0) is 26.2 Å². The minimum atomic E-state index is -0.862. The Morgan fingerprint density at radius 2 is 1.95 bits per heavy atom. The van der Waals surface area contributed by atoms with Gasteiger partial charge >= 0.3 is 0 Å². The summed E-state index contributed by atoms with van der Waals surface area (Å²) in [6.45, 7) is 2.08. The molecule has 0 radical (unpaired) electrons. The highest BCUT2D eigenvalue weighted by Crippen LogP contribution is 2.32. The van der Waals surface area contributed by atoms with Crippen molar-refractivity contribution >= 4 is 22.6 Å². The van der Waals surface area contributed by atoms with E-state index in [1.807, 2.05) is 6.92 Å². The first-order chi connectivity index (χ1) is 9.44. The molecule has 0 aromatic heterocycles. The van der Waals surface area contributed by atoms with Crippen LogP contribution in [0.5, 0.6) is 0 Å². The number of hydrogen-bond acceptors (Lipinski definition) is 3. The lowest BCUT2D eigenvalue weighted by atomic mass is 9.79. The molecule has 2 amide bonds. The molecule has 1 spiro atoms. The van der Waals surface area contributed by atoms with Crippen molar-refractivity contribution in [1.29, 1.82) is 0 Å². The molecule has 1 aliphatic heterocycles. The Kier molecular flexibility index (Phi) is 4.83. The van der Waals surface area contributed by atoms with Crippen molar-refractivity contribution in [3.63, 3.8) is 0 Å². The minimum absolute atomic E-state index is 0.0312. The quantitative estimate of drug-likeness (QED) is 0.835. The maximum absolute atomic E-state index is 12.8. The van der Waals surface area contributed by atoms with Gasteiger partial charge in [-0.25, -0.2) is 0 Å². The third kappa shape index (κ3) is 3.22. The van der Waals surface area contributed by atoms with Crippen molar-refractivity contribution in [3.05, 3.63) is 0 Å². The largest absolute Gasteiger partial charge is 0.340 e. The summed E-state index contributed by atoms with van der Waals surface area (Å²) < 4.78 is 11.2. The lowest BCUT2D eigenvalue weighted by molar-refractivity contribution is -0.153. The maximum atomic E-state index is 12.8. The van der Waals surface area contributed by atoms with Crippen molar-refractivity contribution in [2.24, 2.45) is 0 Å². The molecular formula is C14H24N2O3S.